The number of nitrogens with one attached hydrogen (secondary N) is 2. The molecule has 1 aliphatic carbocycles. The first-order valence-electron chi connectivity index (χ1n) is 12.3. The number of carbonyl (C=O) groups excluding carboxylic acids is 1. The molecule has 0 spiro atoms. The molecule has 0 unspecified atom stereocenters. The van der Waals surface area contributed by atoms with Crippen molar-refractivity contribution in [3.05, 3.63) is 24.2 Å². The summed E-state index contributed by atoms with van der Waals surface area (Å²) in [7, 11) is 0. The Morgan fingerprint density at radius 2 is 2.00 bits per heavy atom. The summed E-state index contributed by atoms with van der Waals surface area (Å²) in [6, 6.07) is 4.18. The number of hydrogen-bond acceptors (Lipinski definition) is 5. The van der Waals surface area contributed by atoms with Crippen LogP contribution in [0.2, 0.25) is 0 Å². The predicted octanol–water partition coefficient (Wildman–Crippen LogP) is 4.34. The SMILES string of the molecule is CCOC(=O)N1CCC(NC(=NCCCOC2CCCCC2)NCCc2ccco2)CC1.I. The van der Waals surface area contributed by atoms with Crippen LogP contribution in [0.4, 0.5) is 4.79 Å². The maximum absolute atomic E-state index is 11.9. The number of aliphatic imine (C=N–C) groups is 1. The van der Waals surface area contributed by atoms with Gasteiger partial charge in [-0.05, 0) is 51.2 Å². The second-order valence-electron chi connectivity index (χ2n) is 8.58. The van der Waals surface area contributed by atoms with Crippen LogP contribution >= 0.6 is 24.0 Å². The van der Waals surface area contributed by atoms with E-state index < -0.39 is 0 Å². The summed E-state index contributed by atoms with van der Waals surface area (Å²) in [5.74, 6) is 1.78. The van der Waals surface area contributed by atoms with Crippen LogP contribution in [0.5, 0.6) is 0 Å². The Bertz CT molecular complexity index is 672. The van der Waals surface area contributed by atoms with Gasteiger partial charge in [-0.3, -0.25) is 4.99 Å². The quantitative estimate of drug-likeness (QED) is 0.187. The van der Waals surface area contributed by atoms with Crippen molar-refractivity contribution in [3.8, 4) is 0 Å². The van der Waals surface area contributed by atoms with E-state index in [0.717, 1.165) is 57.1 Å². The molecule has 2 heterocycles. The zero-order valence-corrected chi connectivity index (χ0v) is 22.3. The van der Waals surface area contributed by atoms with E-state index in [-0.39, 0.29) is 36.1 Å². The van der Waals surface area contributed by atoms with E-state index in [9.17, 15) is 4.79 Å². The molecule has 188 valence electrons. The molecular formula is C24H41IN4O4. The molecule has 2 fully saturated rings. The molecule has 1 aromatic heterocycles. The third-order valence-corrected chi connectivity index (χ3v) is 6.08. The van der Waals surface area contributed by atoms with Gasteiger partial charge in [0.15, 0.2) is 5.96 Å². The fourth-order valence-corrected chi connectivity index (χ4v) is 4.26. The fraction of sp³-hybridized carbons (Fsp3) is 0.750. The van der Waals surface area contributed by atoms with Gasteiger partial charge in [0.25, 0.3) is 0 Å². The molecule has 2 N–H and O–H groups in total. The van der Waals surface area contributed by atoms with E-state index >= 15 is 0 Å². The lowest BCUT2D eigenvalue weighted by Gasteiger charge is -2.32. The topological polar surface area (TPSA) is 88.3 Å². The van der Waals surface area contributed by atoms with Crippen molar-refractivity contribution in [2.24, 2.45) is 4.99 Å². The van der Waals surface area contributed by atoms with Gasteiger partial charge >= 0.3 is 6.09 Å². The Morgan fingerprint density at radius 1 is 1.21 bits per heavy atom. The van der Waals surface area contributed by atoms with Gasteiger partial charge < -0.3 is 29.4 Å². The lowest BCUT2D eigenvalue weighted by atomic mass is 9.98. The van der Waals surface area contributed by atoms with E-state index in [1.807, 2.05) is 19.1 Å². The van der Waals surface area contributed by atoms with Crippen molar-refractivity contribution in [3.63, 3.8) is 0 Å². The molecule has 1 amide bonds. The second kappa shape index (κ2) is 16.2. The van der Waals surface area contributed by atoms with Crippen molar-refractivity contribution in [2.75, 3.05) is 39.4 Å². The number of amides is 1. The summed E-state index contributed by atoms with van der Waals surface area (Å²) in [4.78, 5) is 18.5. The number of nitrogens with zero attached hydrogens (tertiary/aromatic N) is 2. The number of guanidine groups is 1. The number of halogens is 1. The summed E-state index contributed by atoms with van der Waals surface area (Å²) in [6.07, 6.45) is 11.8. The van der Waals surface area contributed by atoms with Gasteiger partial charge in [0.2, 0.25) is 0 Å². The van der Waals surface area contributed by atoms with Gasteiger partial charge in [0, 0.05) is 45.2 Å². The standard InChI is InChI=1S/C24H40N4O4.HI/c1-2-30-24(29)28-16-12-20(13-17-28)27-23(26-15-11-22-10-6-18-31-22)25-14-7-19-32-21-8-4-3-5-9-21;/h6,10,18,20-21H,2-5,7-9,11-17,19H2,1H3,(H2,25,26,27);1H. The summed E-state index contributed by atoms with van der Waals surface area (Å²) in [5.41, 5.74) is 0. The van der Waals surface area contributed by atoms with Gasteiger partial charge in [-0.1, -0.05) is 19.3 Å². The molecule has 0 aromatic carbocycles. The van der Waals surface area contributed by atoms with Crippen molar-refractivity contribution >= 4 is 36.0 Å². The molecule has 0 radical (unpaired) electrons. The van der Waals surface area contributed by atoms with Crippen molar-refractivity contribution in [1.29, 1.82) is 0 Å². The van der Waals surface area contributed by atoms with Crippen LogP contribution in [0.1, 0.15) is 64.1 Å². The summed E-state index contributed by atoms with van der Waals surface area (Å²) < 4.78 is 16.6. The molecule has 8 nitrogen and oxygen atoms in total. The number of piperidine rings is 1. The highest BCUT2D eigenvalue weighted by Crippen LogP contribution is 2.20. The average Bonchev–Trinajstić information content (AvgIpc) is 3.33. The maximum Gasteiger partial charge on any atom is 0.409 e. The van der Waals surface area contributed by atoms with Crippen LogP contribution in [-0.4, -0.2) is 68.5 Å². The third-order valence-electron chi connectivity index (χ3n) is 6.08. The number of furan rings is 1. The first-order valence-corrected chi connectivity index (χ1v) is 12.3. The van der Waals surface area contributed by atoms with Gasteiger partial charge in [-0.2, -0.15) is 0 Å². The van der Waals surface area contributed by atoms with E-state index in [4.69, 9.17) is 18.9 Å². The Hall–Kier alpha value is -1.49. The van der Waals surface area contributed by atoms with Gasteiger partial charge in [0.1, 0.15) is 5.76 Å². The monoisotopic (exact) mass is 576 g/mol. The Kier molecular flexibility index (Phi) is 13.6. The van der Waals surface area contributed by atoms with E-state index in [1.165, 1.54) is 32.1 Å². The molecule has 2 aliphatic rings. The molecule has 9 heteroatoms. The number of rotatable bonds is 10. The molecule has 0 bridgehead atoms. The molecule has 1 aliphatic heterocycles. The summed E-state index contributed by atoms with van der Waals surface area (Å²) >= 11 is 0. The van der Waals surface area contributed by atoms with Crippen molar-refractivity contribution in [2.45, 2.75) is 76.9 Å². The molecule has 3 rings (SSSR count). The van der Waals surface area contributed by atoms with Crippen LogP contribution in [0.15, 0.2) is 27.8 Å². The first kappa shape index (κ1) is 27.8. The molecule has 0 atom stereocenters. The number of carbonyl (C=O) groups is 1. The normalized spacial score (nSPS) is 18.0. The van der Waals surface area contributed by atoms with Crippen LogP contribution in [0, 0.1) is 0 Å². The lowest BCUT2D eigenvalue weighted by Crippen LogP contribution is -2.50. The highest BCUT2D eigenvalue weighted by molar-refractivity contribution is 14.0. The summed E-state index contributed by atoms with van der Waals surface area (Å²) in [6.45, 7) is 5.90. The largest absolute Gasteiger partial charge is 0.469 e. The Balaban J connectivity index is 0.00000385. The molecule has 1 saturated carbocycles. The number of hydrogen-bond donors (Lipinski definition) is 2. The number of ether oxygens (including phenoxy) is 2. The Labute approximate surface area is 215 Å². The summed E-state index contributed by atoms with van der Waals surface area (Å²) in [5, 5.41) is 6.99. The lowest BCUT2D eigenvalue weighted by molar-refractivity contribution is 0.0281. The minimum absolute atomic E-state index is 0. The predicted molar refractivity (Wildman–Crippen MR) is 140 cm³/mol. The fourth-order valence-electron chi connectivity index (χ4n) is 4.26. The van der Waals surface area contributed by atoms with Crippen molar-refractivity contribution in [1.82, 2.24) is 15.5 Å². The van der Waals surface area contributed by atoms with E-state index in [2.05, 4.69) is 10.6 Å². The smallest absolute Gasteiger partial charge is 0.409 e. The van der Waals surface area contributed by atoms with Crippen LogP contribution in [0.3, 0.4) is 0 Å². The zero-order valence-electron chi connectivity index (χ0n) is 19.9. The number of likely N-dealkylation sites (tertiary alicyclic amines) is 1. The van der Waals surface area contributed by atoms with Gasteiger partial charge in [0.05, 0.1) is 19.0 Å². The Morgan fingerprint density at radius 3 is 2.70 bits per heavy atom. The highest BCUT2D eigenvalue weighted by Gasteiger charge is 2.24. The molecular weight excluding hydrogens is 535 g/mol. The zero-order chi connectivity index (χ0) is 22.4. The minimum Gasteiger partial charge on any atom is -0.469 e. The maximum atomic E-state index is 11.9. The van der Waals surface area contributed by atoms with Crippen LogP contribution in [0.25, 0.3) is 0 Å². The second-order valence-corrected chi connectivity index (χ2v) is 8.58. The van der Waals surface area contributed by atoms with E-state index in [1.54, 1.807) is 11.2 Å². The van der Waals surface area contributed by atoms with Crippen LogP contribution < -0.4 is 10.6 Å². The molecule has 33 heavy (non-hydrogen) atoms. The third kappa shape index (κ3) is 10.5. The van der Waals surface area contributed by atoms with Crippen LogP contribution in [-0.2, 0) is 15.9 Å². The molecule has 1 saturated heterocycles. The van der Waals surface area contributed by atoms with E-state index in [0.29, 0.717) is 25.8 Å². The first-order chi connectivity index (χ1) is 15.7. The average molecular weight is 577 g/mol. The van der Waals surface area contributed by atoms with Crippen molar-refractivity contribution < 1.29 is 18.7 Å². The minimum atomic E-state index is -0.214. The van der Waals surface area contributed by atoms with Gasteiger partial charge in [-0.15, -0.1) is 24.0 Å². The highest BCUT2D eigenvalue weighted by atomic mass is 127. The molecule has 1 aromatic rings. The van der Waals surface area contributed by atoms with Gasteiger partial charge in [-0.25, -0.2) is 4.79 Å².